The number of nitrogens with two attached hydrogens (primary N) is 1. The lowest BCUT2D eigenvalue weighted by Crippen LogP contribution is -2.37. The van der Waals surface area contributed by atoms with Gasteiger partial charge >= 0.3 is 17.9 Å². The van der Waals surface area contributed by atoms with Crippen molar-refractivity contribution in [2.75, 3.05) is 64.2 Å². The topological polar surface area (TPSA) is 276 Å². The number of aliphatic carboxylic acids is 3. The molecule has 20 nitrogen and oxygen atoms in total. The van der Waals surface area contributed by atoms with Gasteiger partial charge in [-0.2, -0.15) is 0 Å². The van der Waals surface area contributed by atoms with Crippen molar-refractivity contribution in [2.24, 2.45) is 11.7 Å². The number of unbranched alkanes of at least 4 members (excludes halogenated alkanes) is 3. The lowest BCUT2D eigenvalue weighted by atomic mass is 9.95. The Balaban J connectivity index is 0.000000222. The number of hydrogen-bond donors (Lipinski definition) is 5. The van der Waals surface area contributed by atoms with Crippen LogP contribution in [0.5, 0.6) is 0 Å². The molecule has 6 aromatic rings. The van der Waals surface area contributed by atoms with Crippen LogP contribution in [0.2, 0.25) is 5.15 Å². The van der Waals surface area contributed by atoms with Crippen LogP contribution in [0.3, 0.4) is 0 Å². The molecule has 0 saturated heterocycles. The summed E-state index contributed by atoms with van der Waals surface area (Å²) in [6.07, 6.45) is 23.4. The summed E-state index contributed by atoms with van der Waals surface area (Å²) >= 11 is 11.9. The van der Waals surface area contributed by atoms with Crippen LogP contribution in [-0.2, 0) is 78.6 Å². The molecule has 0 saturated carbocycles. The largest absolute Gasteiger partial charge is 0.481 e. The number of rotatable bonds is 37. The highest BCUT2D eigenvalue weighted by molar-refractivity contribution is 9.11. The van der Waals surface area contributed by atoms with E-state index >= 15 is 0 Å². The Kier molecular flexibility index (Phi) is 37.4. The zero-order valence-electron chi connectivity index (χ0n) is 55.9. The second kappa shape index (κ2) is 45.4. The van der Waals surface area contributed by atoms with Crippen LogP contribution >= 0.6 is 43.5 Å². The molecule has 0 bridgehead atoms. The van der Waals surface area contributed by atoms with Gasteiger partial charge in [-0.25, -0.2) is 61.0 Å². The predicted molar refractivity (Wildman–Crippen MR) is 375 cm³/mol. The number of carbonyl (C=O) groups is 3. The Morgan fingerprint density at radius 3 is 1.30 bits per heavy atom. The fraction of sp³-hybridized carbons (Fsp3) is 0.571. The molecule has 29 heteroatoms. The number of hydrogen-bond acceptors (Lipinski definition) is 17. The molecule has 3 atom stereocenters. The second-order valence-electron chi connectivity index (χ2n) is 25.0. The Morgan fingerprint density at radius 2 is 0.919 bits per heavy atom. The van der Waals surface area contributed by atoms with Crippen LogP contribution < -0.4 is 11.1 Å². The fourth-order valence-corrected chi connectivity index (χ4v) is 12.6. The molecule has 0 fully saturated rings. The molecule has 9 rings (SSSR count). The molecule has 0 amide bonds. The van der Waals surface area contributed by atoms with Crippen molar-refractivity contribution < 1.29 is 56.0 Å². The lowest BCUT2D eigenvalue weighted by molar-refractivity contribution is -0.142. The third-order valence-corrected chi connectivity index (χ3v) is 19.0. The lowest BCUT2D eigenvalue weighted by Gasteiger charge is -2.24. The first-order valence-corrected chi connectivity index (χ1v) is 36.1. The molecule has 0 radical (unpaired) electrons. The van der Waals surface area contributed by atoms with Crippen molar-refractivity contribution in [3.8, 4) is 0 Å². The highest BCUT2D eigenvalue weighted by Crippen LogP contribution is 2.25. The molecule has 3 aliphatic carbocycles. The molecule has 6 N–H and O–H groups in total. The first kappa shape index (κ1) is 81.5. The summed E-state index contributed by atoms with van der Waals surface area (Å²) in [6, 6.07) is 12.5. The first-order chi connectivity index (χ1) is 47.7. The molecular weight excluding hydrogens is 1440 g/mol. The predicted octanol–water partition coefficient (Wildman–Crippen LogP) is 12.9. The standard InChI is InChI=1S/C24H32F2N4O2.C23H30BrF2N5O2.C19H29F2N3O2.C4H2BrClN2/c25-23(26)16-30(14-11-19(24(31)32)15-21-10-12-27-17-28-21)13-4-3-6-20-9-8-18-5-1-2-7-22(18)29-20;24-18-13-27-15-28-22(18)30-20(23(32)33)10-12-31(14-21(25)26)11-4-3-6-17-9-8-16-5-1-2-7-19(16)29-17;20-18(21)13-24(12-10-16(22)19(25)26)11-4-3-6-15-9-8-14-5-1-2-7-17(14)23-15;5-3-1-7-2-8-4(3)6/h8-10,12,17,19,23H,1-7,11,13-16H2,(H,31,32);8-9,13,15,20-21H,1-7,10-12,14H2,(H,32,33)(H,27,28,30);8-9,16,18H,1-7,10-13,22H2,(H,25,26);1-2H/t19-;20-;16-;/m100./s1. The summed E-state index contributed by atoms with van der Waals surface area (Å²) in [7, 11) is 0. The van der Waals surface area contributed by atoms with Gasteiger partial charge in [-0.3, -0.25) is 39.2 Å². The van der Waals surface area contributed by atoms with Gasteiger partial charge in [-0.05, 0) is 253 Å². The van der Waals surface area contributed by atoms with Gasteiger partial charge in [0.25, 0.3) is 19.3 Å². The number of halogens is 9. The number of fused-ring (bicyclic) bond motifs is 3. The molecular formula is C70H93Br2ClF6N14O6. The molecule has 0 aromatic carbocycles. The zero-order chi connectivity index (χ0) is 71.3. The highest BCUT2D eigenvalue weighted by atomic mass is 79.9. The number of nitrogens with one attached hydrogen (secondary N) is 1. The molecule has 0 spiro atoms. The number of alkyl halides is 6. The smallest absolute Gasteiger partial charge is 0.326 e. The van der Waals surface area contributed by atoms with Crippen LogP contribution in [0.4, 0.5) is 32.2 Å². The van der Waals surface area contributed by atoms with E-state index in [0.717, 1.165) is 118 Å². The van der Waals surface area contributed by atoms with Crippen molar-refractivity contribution in [1.82, 2.24) is 59.6 Å². The third kappa shape index (κ3) is 32.0. The van der Waals surface area contributed by atoms with Gasteiger partial charge in [-0.1, -0.05) is 29.8 Å². The summed E-state index contributed by atoms with van der Waals surface area (Å²) < 4.78 is 79.0. The fourth-order valence-electron chi connectivity index (χ4n) is 11.9. The van der Waals surface area contributed by atoms with Gasteiger partial charge in [-0.15, -0.1) is 0 Å². The molecule has 6 aromatic heterocycles. The van der Waals surface area contributed by atoms with E-state index in [2.05, 4.69) is 103 Å². The van der Waals surface area contributed by atoms with Crippen molar-refractivity contribution in [3.63, 3.8) is 0 Å². The normalized spacial score (nSPS) is 14.2. The summed E-state index contributed by atoms with van der Waals surface area (Å²) in [6.45, 7) is 1.31. The summed E-state index contributed by atoms with van der Waals surface area (Å²) in [5.74, 6) is -3.39. The Labute approximate surface area is 597 Å². The van der Waals surface area contributed by atoms with Crippen LogP contribution in [0.15, 0.2) is 89.0 Å². The summed E-state index contributed by atoms with van der Waals surface area (Å²) in [5, 5.41) is 31.2. The van der Waals surface area contributed by atoms with E-state index < -0.39 is 55.2 Å². The number of nitrogens with zero attached hydrogens (tertiary/aromatic N) is 12. The first-order valence-electron chi connectivity index (χ1n) is 34.2. The van der Waals surface area contributed by atoms with Gasteiger partial charge in [0.05, 0.1) is 34.5 Å². The van der Waals surface area contributed by atoms with Gasteiger partial charge < -0.3 is 26.4 Å². The van der Waals surface area contributed by atoms with Crippen LogP contribution in [0.25, 0.3) is 0 Å². The van der Waals surface area contributed by atoms with Gasteiger partial charge in [0, 0.05) is 78.0 Å². The Bertz CT molecular complexity index is 3350. The molecule has 0 unspecified atom stereocenters. The van der Waals surface area contributed by atoms with Crippen LogP contribution in [-0.4, -0.2) is 183 Å². The van der Waals surface area contributed by atoms with E-state index in [0.29, 0.717) is 53.7 Å². The summed E-state index contributed by atoms with van der Waals surface area (Å²) in [4.78, 5) is 76.5. The summed E-state index contributed by atoms with van der Waals surface area (Å²) in [5.41, 5.74) is 17.0. The van der Waals surface area contributed by atoms with Crippen LogP contribution in [0, 0.1) is 5.92 Å². The Morgan fingerprint density at radius 1 is 0.495 bits per heavy atom. The van der Waals surface area contributed by atoms with Crippen LogP contribution in [0.1, 0.15) is 153 Å². The number of aryl methyl sites for hydroxylation is 9. The van der Waals surface area contributed by atoms with Gasteiger partial charge in [0.15, 0.2) is 0 Å². The SMILES string of the molecule is Clc1ncncc1Br.N[C@@H](CCN(CCCCc1ccc2c(n1)CCCC2)CC(F)F)C(=O)O.O=C(O)[C@H](CCN(CCCCc1ccc2c(n1)CCCC2)CC(F)F)Cc1ccncn1.O=C(O)[C@H](CCN(CCCCc1ccc2c(n1)CCCC2)CC(F)F)Nc1ncncc1Br. The van der Waals surface area contributed by atoms with Gasteiger partial charge in [0.2, 0.25) is 0 Å². The number of carboxylic acids is 3. The number of carboxylic acid groups (broad SMARTS) is 3. The maximum atomic E-state index is 13.1. The van der Waals surface area contributed by atoms with E-state index in [1.165, 1.54) is 97.5 Å². The minimum atomic E-state index is -2.47. The molecule has 99 heavy (non-hydrogen) atoms. The number of anilines is 1. The maximum Gasteiger partial charge on any atom is 0.326 e. The van der Waals surface area contributed by atoms with Crippen molar-refractivity contribution in [2.45, 2.75) is 192 Å². The van der Waals surface area contributed by atoms with E-state index in [9.17, 15) is 50.9 Å². The third-order valence-electron chi connectivity index (χ3n) is 17.3. The van der Waals surface area contributed by atoms with E-state index in [1.54, 1.807) is 33.2 Å². The molecule has 0 aliphatic heterocycles. The highest BCUT2D eigenvalue weighted by Gasteiger charge is 2.25. The maximum absolute atomic E-state index is 13.1. The monoisotopic (exact) mass is 1530 g/mol. The van der Waals surface area contributed by atoms with E-state index in [-0.39, 0.29) is 52.0 Å². The molecule has 6 heterocycles. The van der Waals surface area contributed by atoms with E-state index in [1.807, 2.05) is 0 Å². The van der Waals surface area contributed by atoms with Crippen molar-refractivity contribution in [1.29, 1.82) is 0 Å². The average molecular weight is 1540 g/mol. The molecule has 3 aliphatic rings. The quantitative estimate of drug-likeness (QED) is 0.0138. The number of pyridine rings is 3. The van der Waals surface area contributed by atoms with Gasteiger partial charge in [0.1, 0.15) is 42.0 Å². The minimum absolute atomic E-state index is 0.172. The zero-order valence-corrected chi connectivity index (χ0v) is 59.9. The van der Waals surface area contributed by atoms with E-state index in [4.69, 9.17) is 37.4 Å². The number of aromatic nitrogens is 9. The average Bonchev–Trinajstić information content (AvgIpc) is 0.875. The minimum Gasteiger partial charge on any atom is -0.481 e. The second-order valence-corrected chi connectivity index (χ2v) is 27.0. The van der Waals surface area contributed by atoms with Crippen molar-refractivity contribution >= 4 is 67.2 Å². The Hall–Kier alpha value is -6.43. The molecule has 542 valence electrons. The van der Waals surface area contributed by atoms with Crippen molar-refractivity contribution in [3.05, 3.63) is 151 Å².